The van der Waals surface area contributed by atoms with E-state index in [0.717, 1.165) is 6.07 Å². The van der Waals surface area contributed by atoms with Crippen LogP contribution in [0.4, 0.5) is 24.5 Å². The smallest absolute Gasteiger partial charge is 0.278 e. The van der Waals surface area contributed by atoms with Crippen LogP contribution in [0.2, 0.25) is 0 Å². The van der Waals surface area contributed by atoms with Crippen LogP contribution in [0, 0.1) is 17.0 Å². The Balaban J connectivity index is 2.31. The molecule has 126 valence electrons. The molecule has 0 aliphatic rings. The van der Waals surface area contributed by atoms with E-state index in [1.807, 2.05) is 0 Å². The summed E-state index contributed by atoms with van der Waals surface area (Å²) < 4.78 is 38.8. The van der Waals surface area contributed by atoms with E-state index in [4.69, 9.17) is 0 Å². The normalized spacial score (nSPS) is 12.1. The maximum Gasteiger partial charge on any atom is 0.418 e. The van der Waals surface area contributed by atoms with Crippen LogP contribution in [-0.4, -0.2) is 10.6 Å². The van der Waals surface area contributed by atoms with Crippen LogP contribution in [0.3, 0.4) is 0 Å². The van der Waals surface area contributed by atoms with Crippen LogP contribution in [0.25, 0.3) is 0 Å². The van der Waals surface area contributed by atoms with Gasteiger partial charge in [-0.2, -0.15) is 18.3 Å². The number of benzene rings is 2. The molecule has 0 amide bonds. The summed E-state index contributed by atoms with van der Waals surface area (Å²) in [6.45, 7) is 3.16. The van der Waals surface area contributed by atoms with E-state index >= 15 is 0 Å². The Morgan fingerprint density at radius 3 is 2.50 bits per heavy atom. The molecule has 1 N–H and O–H groups in total. The standard InChI is InChI=1S/C16H14F3N3O2/c1-10-7-8-12(9-15(10)22(23)24)11(2)20-21-14-6-4-3-5-13(14)16(17,18)19/h3-9,21H,1-2H3/b20-11-. The molecule has 2 aromatic carbocycles. The zero-order valence-electron chi connectivity index (χ0n) is 12.9. The average molecular weight is 337 g/mol. The average Bonchev–Trinajstić information content (AvgIpc) is 2.52. The Labute approximate surface area is 136 Å². The van der Waals surface area contributed by atoms with Crippen molar-refractivity contribution in [1.29, 1.82) is 0 Å². The van der Waals surface area contributed by atoms with E-state index < -0.39 is 16.7 Å². The van der Waals surface area contributed by atoms with Crippen molar-refractivity contribution in [2.24, 2.45) is 5.10 Å². The van der Waals surface area contributed by atoms with Gasteiger partial charge in [0.25, 0.3) is 5.69 Å². The maximum absolute atomic E-state index is 12.9. The van der Waals surface area contributed by atoms with Crippen molar-refractivity contribution in [2.45, 2.75) is 20.0 Å². The summed E-state index contributed by atoms with van der Waals surface area (Å²) in [4.78, 5) is 10.4. The Morgan fingerprint density at radius 1 is 1.21 bits per heavy atom. The minimum Gasteiger partial charge on any atom is -0.278 e. The van der Waals surface area contributed by atoms with Crippen molar-refractivity contribution >= 4 is 17.1 Å². The van der Waals surface area contributed by atoms with Gasteiger partial charge >= 0.3 is 6.18 Å². The monoisotopic (exact) mass is 337 g/mol. The molecular weight excluding hydrogens is 323 g/mol. The lowest BCUT2D eigenvalue weighted by atomic mass is 10.1. The highest BCUT2D eigenvalue weighted by Gasteiger charge is 2.33. The van der Waals surface area contributed by atoms with Gasteiger partial charge in [-0.1, -0.05) is 24.3 Å². The quantitative estimate of drug-likeness (QED) is 0.497. The van der Waals surface area contributed by atoms with Gasteiger partial charge in [0.2, 0.25) is 0 Å². The molecule has 0 spiro atoms. The van der Waals surface area contributed by atoms with Crippen LogP contribution in [0.1, 0.15) is 23.6 Å². The van der Waals surface area contributed by atoms with Gasteiger partial charge in [-0.25, -0.2) is 0 Å². The summed E-state index contributed by atoms with van der Waals surface area (Å²) in [7, 11) is 0. The molecule has 0 unspecified atom stereocenters. The Bertz CT molecular complexity index is 801. The van der Waals surface area contributed by atoms with Gasteiger partial charge in [-0.05, 0) is 26.0 Å². The molecule has 0 aliphatic carbocycles. The molecule has 0 bridgehead atoms. The third-order valence-electron chi connectivity index (χ3n) is 3.40. The number of nitro groups is 1. The summed E-state index contributed by atoms with van der Waals surface area (Å²) in [6, 6.07) is 9.48. The first kappa shape index (κ1) is 17.5. The number of hydrazone groups is 1. The highest BCUT2D eigenvalue weighted by atomic mass is 19.4. The zero-order chi connectivity index (χ0) is 17.9. The topological polar surface area (TPSA) is 67.5 Å². The number of hydrogen-bond acceptors (Lipinski definition) is 4. The SMILES string of the molecule is C/C(=N/Nc1ccccc1C(F)(F)F)c1ccc(C)c([N+](=O)[O-])c1. The molecule has 5 nitrogen and oxygen atoms in total. The number of hydrogen-bond donors (Lipinski definition) is 1. The lowest BCUT2D eigenvalue weighted by Crippen LogP contribution is -2.09. The highest BCUT2D eigenvalue weighted by molar-refractivity contribution is 5.99. The molecule has 0 heterocycles. The second-order valence-electron chi connectivity index (χ2n) is 5.11. The summed E-state index contributed by atoms with van der Waals surface area (Å²) in [5, 5.41) is 14.9. The van der Waals surface area contributed by atoms with Crippen molar-refractivity contribution < 1.29 is 18.1 Å². The molecule has 0 saturated carbocycles. The van der Waals surface area contributed by atoms with Gasteiger partial charge in [0.15, 0.2) is 0 Å². The predicted molar refractivity (Wildman–Crippen MR) is 85.1 cm³/mol. The number of anilines is 1. The third-order valence-corrected chi connectivity index (χ3v) is 3.40. The molecular formula is C16H14F3N3O2. The molecule has 0 fully saturated rings. The van der Waals surface area contributed by atoms with Crippen molar-refractivity contribution in [3.8, 4) is 0 Å². The van der Waals surface area contributed by atoms with E-state index in [0.29, 0.717) is 16.8 Å². The van der Waals surface area contributed by atoms with Crippen molar-refractivity contribution in [2.75, 3.05) is 5.43 Å². The number of aryl methyl sites for hydroxylation is 1. The lowest BCUT2D eigenvalue weighted by Gasteiger charge is -2.12. The van der Waals surface area contributed by atoms with Gasteiger partial charge in [-0.3, -0.25) is 15.5 Å². The molecule has 0 atom stereocenters. The molecule has 2 aromatic rings. The molecule has 0 saturated heterocycles. The van der Waals surface area contributed by atoms with Crippen molar-refractivity contribution in [3.05, 3.63) is 69.3 Å². The van der Waals surface area contributed by atoms with Gasteiger partial charge in [0, 0.05) is 17.2 Å². The largest absolute Gasteiger partial charge is 0.418 e. The Hall–Kier alpha value is -2.90. The van der Waals surface area contributed by atoms with E-state index in [1.165, 1.54) is 24.3 Å². The molecule has 0 radical (unpaired) electrons. The summed E-state index contributed by atoms with van der Waals surface area (Å²) in [6.07, 6.45) is -4.50. The third kappa shape index (κ3) is 3.89. The van der Waals surface area contributed by atoms with E-state index in [-0.39, 0.29) is 11.4 Å². The van der Waals surface area contributed by atoms with E-state index in [9.17, 15) is 23.3 Å². The first-order valence-electron chi connectivity index (χ1n) is 6.92. The Morgan fingerprint density at radius 2 is 1.88 bits per heavy atom. The van der Waals surface area contributed by atoms with Crippen LogP contribution in [-0.2, 0) is 6.18 Å². The van der Waals surface area contributed by atoms with Gasteiger partial charge in [0.1, 0.15) is 0 Å². The fourth-order valence-corrected chi connectivity index (χ4v) is 2.07. The number of para-hydroxylation sites is 1. The van der Waals surface area contributed by atoms with Crippen molar-refractivity contribution in [1.82, 2.24) is 0 Å². The molecule has 2 rings (SSSR count). The van der Waals surface area contributed by atoms with Crippen molar-refractivity contribution in [3.63, 3.8) is 0 Å². The predicted octanol–water partition coefficient (Wildman–Crippen LogP) is 4.76. The van der Waals surface area contributed by atoms with Crippen LogP contribution < -0.4 is 5.43 Å². The maximum atomic E-state index is 12.9. The fourth-order valence-electron chi connectivity index (χ4n) is 2.07. The highest BCUT2D eigenvalue weighted by Crippen LogP contribution is 2.34. The van der Waals surface area contributed by atoms with Crippen LogP contribution >= 0.6 is 0 Å². The number of halogens is 3. The van der Waals surface area contributed by atoms with E-state index in [2.05, 4.69) is 10.5 Å². The molecule has 0 aliphatic heterocycles. The first-order chi connectivity index (χ1) is 11.2. The number of nitro benzene ring substituents is 1. The van der Waals surface area contributed by atoms with E-state index in [1.54, 1.807) is 26.0 Å². The van der Waals surface area contributed by atoms with Gasteiger partial charge in [-0.15, -0.1) is 0 Å². The summed E-state index contributed by atoms with van der Waals surface area (Å²) >= 11 is 0. The van der Waals surface area contributed by atoms with Gasteiger partial charge in [0.05, 0.1) is 21.9 Å². The number of nitrogens with one attached hydrogen (secondary N) is 1. The lowest BCUT2D eigenvalue weighted by molar-refractivity contribution is -0.385. The molecule has 8 heteroatoms. The second kappa shape index (κ2) is 6.69. The zero-order valence-corrected chi connectivity index (χ0v) is 12.9. The van der Waals surface area contributed by atoms with Crippen LogP contribution in [0.15, 0.2) is 47.6 Å². The minimum atomic E-state index is -4.50. The number of alkyl halides is 3. The summed E-state index contributed by atoms with van der Waals surface area (Å²) in [5.74, 6) is 0. The number of rotatable bonds is 4. The van der Waals surface area contributed by atoms with Gasteiger partial charge < -0.3 is 0 Å². The second-order valence-corrected chi connectivity index (χ2v) is 5.11. The summed E-state index contributed by atoms with van der Waals surface area (Å²) in [5.41, 5.74) is 2.55. The molecule has 0 aromatic heterocycles. The minimum absolute atomic E-state index is 0.0715. The Kier molecular flexibility index (Phi) is 4.87. The first-order valence-corrected chi connectivity index (χ1v) is 6.92. The molecule has 24 heavy (non-hydrogen) atoms. The number of nitrogens with zero attached hydrogens (tertiary/aromatic N) is 2. The van der Waals surface area contributed by atoms with Crippen LogP contribution in [0.5, 0.6) is 0 Å². The fraction of sp³-hybridized carbons (Fsp3) is 0.188.